The second-order valence-electron chi connectivity index (χ2n) is 5.19. The Morgan fingerprint density at radius 2 is 2.05 bits per heavy atom. The zero-order chi connectivity index (χ0) is 15.4. The van der Waals surface area contributed by atoms with Crippen LogP contribution >= 0.6 is 0 Å². The number of aromatic nitrogens is 1. The van der Waals surface area contributed by atoms with Crippen molar-refractivity contribution >= 4 is 16.7 Å². The van der Waals surface area contributed by atoms with Crippen LogP contribution in [0.5, 0.6) is 0 Å². The molecule has 0 radical (unpaired) electrons. The summed E-state index contributed by atoms with van der Waals surface area (Å²) in [6.07, 6.45) is 0. The summed E-state index contributed by atoms with van der Waals surface area (Å²) in [6.45, 7) is 4.49. The van der Waals surface area contributed by atoms with Gasteiger partial charge in [-0.2, -0.15) is 0 Å². The first kappa shape index (κ1) is 15.3. The van der Waals surface area contributed by atoms with Gasteiger partial charge < -0.3 is 14.6 Å². The van der Waals surface area contributed by atoms with Crippen LogP contribution in [0, 0.1) is 0 Å². The van der Waals surface area contributed by atoms with Gasteiger partial charge in [-0.1, -0.05) is 18.2 Å². The van der Waals surface area contributed by atoms with Crippen molar-refractivity contribution in [2.24, 2.45) is 0 Å². The first-order valence-corrected chi connectivity index (χ1v) is 6.97. The normalized spacial score (nSPS) is 11.0. The molecule has 21 heavy (non-hydrogen) atoms. The van der Waals surface area contributed by atoms with Crippen molar-refractivity contribution in [2.75, 3.05) is 13.7 Å². The van der Waals surface area contributed by atoms with Gasteiger partial charge in [0.25, 0.3) is 11.5 Å². The van der Waals surface area contributed by atoms with E-state index in [1.54, 1.807) is 19.2 Å². The quantitative estimate of drug-likeness (QED) is 0.912. The molecule has 1 N–H and O–H groups in total. The molecule has 0 aliphatic rings. The van der Waals surface area contributed by atoms with E-state index in [2.05, 4.69) is 5.32 Å². The molecule has 0 spiro atoms. The van der Waals surface area contributed by atoms with E-state index in [0.717, 1.165) is 5.39 Å². The second-order valence-corrected chi connectivity index (χ2v) is 5.19. The van der Waals surface area contributed by atoms with E-state index >= 15 is 0 Å². The smallest absolute Gasteiger partial charge is 0.268 e. The number of rotatable bonds is 5. The Labute approximate surface area is 123 Å². The number of methoxy groups -OCH3 is 1. The topological polar surface area (TPSA) is 60.3 Å². The molecule has 0 unspecified atom stereocenters. The summed E-state index contributed by atoms with van der Waals surface area (Å²) in [5.74, 6) is -0.246. The first-order chi connectivity index (χ1) is 10.0. The number of carbonyl (C=O) groups is 1. The maximum atomic E-state index is 12.6. The number of nitrogens with zero attached hydrogens (tertiary/aromatic N) is 1. The largest absolute Gasteiger partial charge is 0.383 e. The molecule has 5 nitrogen and oxygen atoms in total. The number of benzene rings is 1. The highest BCUT2D eigenvalue weighted by Gasteiger charge is 2.15. The molecule has 0 fully saturated rings. The van der Waals surface area contributed by atoms with Crippen LogP contribution in [0.2, 0.25) is 0 Å². The molecule has 0 aliphatic carbocycles. The Hall–Kier alpha value is -2.14. The molecule has 0 atom stereocenters. The number of hydrogen-bond donors (Lipinski definition) is 1. The molecule has 1 aromatic heterocycles. The van der Waals surface area contributed by atoms with Crippen molar-refractivity contribution in [3.8, 4) is 0 Å². The Kier molecular flexibility index (Phi) is 4.75. The Bertz CT molecular complexity index is 704. The maximum Gasteiger partial charge on any atom is 0.268 e. The summed E-state index contributed by atoms with van der Waals surface area (Å²) >= 11 is 0. The monoisotopic (exact) mass is 288 g/mol. The number of hydrogen-bond acceptors (Lipinski definition) is 3. The molecule has 1 amide bonds. The van der Waals surface area contributed by atoms with Crippen LogP contribution in [0.3, 0.4) is 0 Å². The van der Waals surface area contributed by atoms with Crippen molar-refractivity contribution in [3.05, 3.63) is 46.4 Å². The molecule has 0 saturated heterocycles. The lowest BCUT2D eigenvalue weighted by molar-refractivity contribution is 0.0929. The van der Waals surface area contributed by atoms with E-state index in [0.29, 0.717) is 24.2 Å². The summed E-state index contributed by atoms with van der Waals surface area (Å²) in [5.41, 5.74) is 0.198. The van der Waals surface area contributed by atoms with Crippen molar-refractivity contribution < 1.29 is 9.53 Å². The highest BCUT2D eigenvalue weighted by Crippen LogP contribution is 2.12. The van der Waals surface area contributed by atoms with Crippen LogP contribution in [0.25, 0.3) is 10.8 Å². The third-order valence-corrected chi connectivity index (χ3v) is 3.19. The van der Waals surface area contributed by atoms with Gasteiger partial charge >= 0.3 is 0 Å². The van der Waals surface area contributed by atoms with Crippen molar-refractivity contribution in [1.29, 1.82) is 0 Å². The van der Waals surface area contributed by atoms with E-state index in [1.165, 1.54) is 4.57 Å². The van der Waals surface area contributed by atoms with Gasteiger partial charge in [0.1, 0.15) is 5.69 Å². The van der Waals surface area contributed by atoms with Gasteiger partial charge in [0, 0.05) is 25.1 Å². The highest BCUT2D eigenvalue weighted by molar-refractivity contribution is 5.96. The molecule has 2 rings (SSSR count). The number of amides is 1. The van der Waals surface area contributed by atoms with Gasteiger partial charge in [-0.3, -0.25) is 9.59 Å². The Balaban J connectivity index is 2.60. The van der Waals surface area contributed by atoms with Crippen LogP contribution in [0.4, 0.5) is 0 Å². The molecule has 0 bridgehead atoms. The van der Waals surface area contributed by atoms with Crippen molar-refractivity contribution in [1.82, 2.24) is 9.88 Å². The third-order valence-electron chi connectivity index (χ3n) is 3.19. The molecular formula is C16H20N2O3. The van der Waals surface area contributed by atoms with Gasteiger partial charge in [-0.15, -0.1) is 0 Å². The SMILES string of the molecule is COCCn1c(C(=O)NC(C)C)cc2ccccc2c1=O. The van der Waals surface area contributed by atoms with Gasteiger partial charge in [-0.05, 0) is 31.4 Å². The summed E-state index contributed by atoms with van der Waals surface area (Å²) in [4.78, 5) is 24.9. The lowest BCUT2D eigenvalue weighted by Crippen LogP contribution is -2.36. The molecule has 0 aliphatic heterocycles. The lowest BCUT2D eigenvalue weighted by Gasteiger charge is -2.15. The predicted octanol–water partition coefficient (Wildman–Crippen LogP) is 1.79. The number of ether oxygens (including phenoxy) is 1. The molecular weight excluding hydrogens is 268 g/mol. The average molecular weight is 288 g/mol. The fourth-order valence-corrected chi connectivity index (χ4v) is 2.23. The number of pyridine rings is 1. The molecule has 0 saturated carbocycles. The second kappa shape index (κ2) is 6.54. The van der Waals surface area contributed by atoms with E-state index in [4.69, 9.17) is 4.74 Å². The van der Waals surface area contributed by atoms with E-state index < -0.39 is 0 Å². The van der Waals surface area contributed by atoms with E-state index in [9.17, 15) is 9.59 Å². The Morgan fingerprint density at radius 3 is 2.71 bits per heavy atom. The maximum absolute atomic E-state index is 12.6. The van der Waals surface area contributed by atoms with Crippen LogP contribution in [-0.2, 0) is 11.3 Å². The molecule has 2 aromatic rings. The van der Waals surface area contributed by atoms with Crippen molar-refractivity contribution in [3.63, 3.8) is 0 Å². The minimum atomic E-state index is -0.246. The molecule has 112 valence electrons. The zero-order valence-electron chi connectivity index (χ0n) is 12.6. The van der Waals surface area contributed by atoms with Crippen LogP contribution < -0.4 is 10.9 Å². The summed E-state index contributed by atoms with van der Waals surface area (Å²) in [6, 6.07) is 9.04. The first-order valence-electron chi connectivity index (χ1n) is 6.97. The Morgan fingerprint density at radius 1 is 1.33 bits per heavy atom. The highest BCUT2D eigenvalue weighted by atomic mass is 16.5. The standard InChI is InChI=1S/C16H20N2O3/c1-11(2)17-15(19)14-10-12-6-4-5-7-13(12)16(20)18(14)8-9-21-3/h4-7,10-11H,8-9H2,1-3H3,(H,17,19). The van der Waals surface area contributed by atoms with Crippen LogP contribution in [-0.4, -0.2) is 30.2 Å². The summed E-state index contributed by atoms with van der Waals surface area (Å²) in [7, 11) is 1.57. The van der Waals surface area contributed by atoms with Gasteiger partial charge in [0.2, 0.25) is 0 Å². The van der Waals surface area contributed by atoms with Gasteiger partial charge in [0.05, 0.1) is 6.61 Å². The van der Waals surface area contributed by atoms with Gasteiger partial charge in [0.15, 0.2) is 0 Å². The summed E-state index contributed by atoms with van der Waals surface area (Å²) < 4.78 is 6.51. The minimum absolute atomic E-state index is 0.00921. The van der Waals surface area contributed by atoms with Crippen LogP contribution in [0.15, 0.2) is 35.1 Å². The molecule has 5 heteroatoms. The van der Waals surface area contributed by atoms with E-state index in [-0.39, 0.29) is 17.5 Å². The predicted molar refractivity (Wildman–Crippen MR) is 82.7 cm³/mol. The fourth-order valence-electron chi connectivity index (χ4n) is 2.23. The molecule has 1 aromatic carbocycles. The summed E-state index contributed by atoms with van der Waals surface area (Å²) in [5, 5.41) is 4.20. The number of carbonyl (C=O) groups excluding carboxylic acids is 1. The van der Waals surface area contributed by atoms with Crippen molar-refractivity contribution in [2.45, 2.75) is 26.4 Å². The van der Waals surface area contributed by atoms with Crippen LogP contribution in [0.1, 0.15) is 24.3 Å². The zero-order valence-corrected chi connectivity index (χ0v) is 12.6. The minimum Gasteiger partial charge on any atom is -0.383 e. The number of nitrogens with one attached hydrogen (secondary N) is 1. The fraction of sp³-hybridized carbons (Fsp3) is 0.375. The van der Waals surface area contributed by atoms with E-state index in [1.807, 2.05) is 32.0 Å². The number of fused-ring (bicyclic) bond motifs is 1. The lowest BCUT2D eigenvalue weighted by atomic mass is 10.1. The third kappa shape index (κ3) is 3.31. The average Bonchev–Trinajstić information content (AvgIpc) is 2.45. The van der Waals surface area contributed by atoms with Gasteiger partial charge in [-0.25, -0.2) is 0 Å². The molecule has 1 heterocycles.